The van der Waals surface area contributed by atoms with Gasteiger partial charge in [0, 0.05) is 25.5 Å². The summed E-state index contributed by atoms with van der Waals surface area (Å²) in [4.78, 5) is 41.6. The number of pyridine rings is 1. The van der Waals surface area contributed by atoms with Crippen LogP contribution in [0.1, 0.15) is 17.5 Å². The van der Waals surface area contributed by atoms with Gasteiger partial charge in [0.15, 0.2) is 0 Å². The van der Waals surface area contributed by atoms with Crippen LogP contribution in [0.4, 0.5) is 4.79 Å². The van der Waals surface area contributed by atoms with Gasteiger partial charge in [-0.1, -0.05) is 36.4 Å². The largest absolute Gasteiger partial charge is 0.352 e. The molecule has 134 valence electrons. The SMILES string of the molecule is O=C(C[C@@H]1NC(=O)N(CCc2ccccc2)C1=O)NCc1cccnc1. The minimum Gasteiger partial charge on any atom is -0.352 e. The molecule has 3 rings (SSSR count). The molecule has 1 saturated heterocycles. The first-order valence-corrected chi connectivity index (χ1v) is 8.45. The van der Waals surface area contributed by atoms with E-state index in [1.54, 1.807) is 18.5 Å². The Hall–Kier alpha value is -3.22. The van der Waals surface area contributed by atoms with Gasteiger partial charge in [0.25, 0.3) is 5.91 Å². The fourth-order valence-corrected chi connectivity index (χ4v) is 2.77. The second-order valence-corrected chi connectivity index (χ2v) is 6.07. The van der Waals surface area contributed by atoms with Crippen LogP contribution in [0.15, 0.2) is 54.9 Å². The third kappa shape index (κ3) is 4.44. The number of carbonyl (C=O) groups is 3. The molecule has 1 aromatic heterocycles. The standard InChI is InChI=1S/C19H20N4O3/c24-17(21-13-15-7-4-9-20-12-15)11-16-18(25)23(19(26)22-16)10-8-14-5-2-1-3-6-14/h1-7,9,12,16H,8,10-11,13H2,(H,21,24)(H,22,26)/t16-/m0/s1. The van der Waals surface area contributed by atoms with Gasteiger partial charge in [0.05, 0.1) is 6.42 Å². The third-order valence-electron chi connectivity index (χ3n) is 4.18. The molecule has 0 aliphatic carbocycles. The average molecular weight is 352 g/mol. The Morgan fingerprint density at radius 3 is 2.62 bits per heavy atom. The van der Waals surface area contributed by atoms with Gasteiger partial charge in [-0.3, -0.25) is 19.5 Å². The molecule has 1 fully saturated rings. The molecule has 0 saturated carbocycles. The highest BCUT2D eigenvalue weighted by Gasteiger charge is 2.38. The Morgan fingerprint density at radius 1 is 1.12 bits per heavy atom. The van der Waals surface area contributed by atoms with Crippen molar-refractivity contribution in [3.05, 3.63) is 66.0 Å². The molecule has 2 N–H and O–H groups in total. The number of nitrogens with one attached hydrogen (secondary N) is 2. The van der Waals surface area contributed by atoms with Crippen LogP contribution in [0.2, 0.25) is 0 Å². The number of imide groups is 1. The molecule has 2 heterocycles. The Morgan fingerprint density at radius 2 is 1.88 bits per heavy atom. The third-order valence-corrected chi connectivity index (χ3v) is 4.18. The summed E-state index contributed by atoms with van der Waals surface area (Å²) in [5.74, 6) is -0.653. The minimum absolute atomic E-state index is 0.0767. The lowest BCUT2D eigenvalue weighted by Gasteiger charge is -2.13. The fraction of sp³-hybridized carbons (Fsp3) is 0.263. The Bertz CT molecular complexity index is 780. The number of benzene rings is 1. The number of urea groups is 1. The van der Waals surface area contributed by atoms with Crippen molar-refractivity contribution in [3.63, 3.8) is 0 Å². The lowest BCUT2D eigenvalue weighted by atomic mass is 10.1. The molecule has 7 nitrogen and oxygen atoms in total. The van der Waals surface area contributed by atoms with Crippen molar-refractivity contribution in [3.8, 4) is 0 Å². The number of rotatable bonds is 7. The summed E-state index contributed by atoms with van der Waals surface area (Å²) < 4.78 is 0. The van der Waals surface area contributed by atoms with Crippen molar-refractivity contribution in [2.75, 3.05) is 6.54 Å². The number of aromatic nitrogens is 1. The van der Waals surface area contributed by atoms with Gasteiger partial charge >= 0.3 is 6.03 Å². The van der Waals surface area contributed by atoms with Crippen molar-refractivity contribution in [1.29, 1.82) is 0 Å². The zero-order valence-corrected chi connectivity index (χ0v) is 14.2. The highest BCUT2D eigenvalue weighted by atomic mass is 16.2. The van der Waals surface area contributed by atoms with Crippen LogP contribution in [-0.4, -0.2) is 40.3 Å². The van der Waals surface area contributed by atoms with Gasteiger partial charge in [-0.25, -0.2) is 4.79 Å². The monoisotopic (exact) mass is 352 g/mol. The van der Waals surface area contributed by atoms with Crippen molar-refractivity contribution < 1.29 is 14.4 Å². The van der Waals surface area contributed by atoms with Crippen LogP contribution in [0.5, 0.6) is 0 Å². The molecule has 26 heavy (non-hydrogen) atoms. The fourth-order valence-electron chi connectivity index (χ4n) is 2.77. The Labute approximate surface area is 151 Å². The Balaban J connectivity index is 1.49. The molecular weight excluding hydrogens is 332 g/mol. The van der Waals surface area contributed by atoms with Gasteiger partial charge in [0.2, 0.25) is 5.91 Å². The normalized spacial score (nSPS) is 16.5. The van der Waals surface area contributed by atoms with E-state index in [1.165, 1.54) is 4.90 Å². The molecule has 1 aliphatic heterocycles. The van der Waals surface area contributed by atoms with Gasteiger partial charge in [-0.2, -0.15) is 0 Å². The van der Waals surface area contributed by atoms with E-state index in [-0.39, 0.29) is 18.2 Å². The maximum Gasteiger partial charge on any atom is 0.324 e. The molecule has 0 unspecified atom stereocenters. The van der Waals surface area contributed by atoms with Gasteiger partial charge in [-0.05, 0) is 23.6 Å². The van der Waals surface area contributed by atoms with Crippen molar-refractivity contribution in [2.45, 2.75) is 25.4 Å². The first-order chi connectivity index (χ1) is 12.6. The van der Waals surface area contributed by atoms with E-state index < -0.39 is 12.1 Å². The van der Waals surface area contributed by atoms with Crippen molar-refractivity contribution in [1.82, 2.24) is 20.5 Å². The number of hydrogen-bond acceptors (Lipinski definition) is 4. The molecule has 0 spiro atoms. The van der Waals surface area contributed by atoms with Crippen LogP contribution in [0.25, 0.3) is 0 Å². The topological polar surface area (TPSA) is 91.4 Å². The van der Waals surface area contributed by atoms with Gasteiger partial charge < -0.3 is 10.6 Å². The minimum atomic E-state index is -0.813. The summed E-state index contributed by atoms with van der Waals surface area (Å²) >= 11 is 0. The molecule has 0 radical (unpaired) electrons. The second-order valence-electron chi connectivity index (χ2n) is 6.07. The molecule has 2 aromatic rings. The number of hydrogen-bond donors (Lipinski definition) is 2. The highest BCUT2D eigenvalue weighted by Crippen LogP contribution is 2.11. The summed E-state index contributed by atoms with van der Waals surface area (Å²) in [6.45, 7) is 0.627. The summed E-state index contributed by atoms with van der Waals surface area (Å²) in [7, 11) is 0. The summed E-state index contributed by atoms with van der Waals surface area (Å²) in [6, 6.07) is 12.0. The average Bonchev–Trinajstić information content (AvgIpc) is 2.93. The van der Waals surface area contributed by atoms with E-state index in [0.29, 0.717) is 19.5 Å². The predicted octanol–water partition coefficient (Wildman–Crippen LogP) is 1.25. The molecule has 1 aliphatic rings. The van der Waals surface area contributed by atoms with Crippen LogP contribution in [0.3, 0.4) is 0 Å². The zero-order chi connectivity index (χ0) is 18.4. The molecule has 1 atom stereocenters. The van der Waals surface area contributed by atoms with E-state index >= 15 is 0 Å². The molecule has 0 bridgehead atoms. The lowest BCUT2D eigenvalue weighted by molar-refractivity contribution is -0.130. The quantitative estimate of drug-likeness (QED) is 0.734. The predicted molar refractivity (Wildman–Crippen MR) is 94.9 cm³/mol. The second kappa shape index (κ2) is 8.24. The van der Waals surface area contributed by atoms with E-state index in [4.69, 9.17) is 0 Å². The summed E-state index contributed by atoms with van der Waals surface area (Å²) in [6.07, 6.45) is 3.82. The molecule has 7 heteroatoms. The zero-order valence-electron chi connectivity index (χ0n) is 14.2. The maximum absolute atomic E-state index is 12.4. The number of amides is 4. The lowest BCUT2D eigenvalue weighted by Crippen LogP contribution is -2.36. The van der Waals surface area contributed by atoms with E-state index in [2.05, 4.69) is 15.6 Å². The van der Waals surface area contributed by atoms with Crippen molar-refractivity contribution in [2.24, 2.45) is 0 Å². The first kappa shape index (κ1) is 17.6. The van der Waals surface area contributed by atoms with Crippen LogP contribution in [-0.2, 0) is 22.6 Å². The smallest absolute Gasteiger partial charge is 0.324 e. The maximum atomic E-state index is 12.4. The number of nitrogens with zero attached hydrogens (tertiary/aromatic N) is 2. The van der Waals surface area contributed by atoms with Crippen LogP contribution >= 0.6 is 0 Å². The van der Waals surface area contributed by atoms with E-state index in [0.717, 1.165) is 11.1 Å². The number of carbonyl (C=O) groups excluding carboxylic acids is 3. The van der Waals surface area contributed by atoms with Gasteiger partial charge in [-0.15, -0.1) is 0 Å². The van der Waals surface area contributed by atoms with E-state index in [9.17, 15) is 14.4 Å². The summed E-state index contributed by atoms with van der Waals surface area (Å²) in [5.41, 5.74) is 1.91. The molecule has 4 amide bonds. The molecule has 1 aromatic carbocycles. The van der Waals surface area contributed by atoms with Crippen LogP contribution in [0, 0.1) is 0 Å². The van der Waals surface area contributed by atoms with Crippen LogP contribution < -0.4 is 10.6 Å². The highest BCUT2D eigenvalue weighted by molar-refractivity contribution is 6.05. The van der Waals surface area contributed by atoms with E-state index in [1.807, 2.05) is 36.4 Å². The van der Waals surface area contributed by atoms with Gasteiger partial charge in [0.1, 0.15) is 6.04 Å². The first-order valence-electron chi connectivity index (χ1n) is 8.45. The molecular formula is C19H20N4O3. The summed E-state index contributed by atoms with van der Waals surface area (Å²) in [5, 5.41) is 5.32. The Kier molecular flexibility index (Phi) is 5.58. The van der Waals surface area contributed by atoms with Crippen molar-refractivity contribution >= 4 is 17.8 Å².